The second kappa shape index (κ2) is 8.09. The molecule has 6 nitrogen and oxygen atoms in total. The number of rotatable bonds is 5. The summed E-state index contributed by atoms with van der Waals surface area (Å²) < 4.78 is 33.4. The van der Waals surface area contributed by atoms with Crippen LogP contribution in [0.3, 0.4) is 0 Å². The third-order valence-electron chi connectivity index (χ3n) is 5.32. The number of nitrogens with zero attached hydrogens (tertiary/aromatic N) is 2. The molecule has 1 aromatic carbocycles. The molecule has 1 fully saturated rings. The van der Waals surface area contributed by atoms with E-state index in [0.29, 0.717) is 24.4 Å². The highest BCUT2D eigenvalue weighted by Gasteiger charge is 2.31. The van der Waals surface area contributed by atoms with Gasteiger partial charge in [0.2, 0.25) is 10.0 Å². The summed E-state index contributed by atoms with van der Waals surface area (Å²) in [5.74, 6) is 1.25. The number of sulfonamides is 1. The highest BCUT2D eigenvalue weighted by molar-refractivity contribution is 7.89. The third-order valence-corrected chi connectivity index (χ3v) is 7.33. The molecule has 2 heterocycles. The topological polar surface area (TPSA) is 70.8 Å². The lowest BCUT2D eigenvalue weighted by atomic mass is 10.1. The van der Waals surface area contributed by atoms with Crippen molar-refractivity contribution in [3.63, 3.8) is 0 Å². The van der Waals surface area contributed by atoms with Crippen LogP contribution < -0.4 is 0 Å². The van der Waals surface area contributed by atoms with Crippen LogP contribution in [-0.2, 0) is 16.6 Å². The normalized spacial score (nSPS) is 18.2. The Balaban J connectivity index is 1.87. The Morgan fingerprint density at radius 2 is 1.96 bits per heavy atom. The summed E-state index contributed by atoms with van der Waals surface area (Å²) in [5, 5.41) is 0. The van der Waals surface area contributed by atoms with Crippen molar-refractivity contribution in [2.45, 2.75) is 57.5 Å². The van der Waals surface area contributed by atoms with Gasteiger partial charge in [0.1, 0.15) is 11.5 Å². The van der Waals surface area contributed by atoms with Gasteiger partial charge >= 0.3 is 0 Å². The van der Waals surface area contributed by atoms with E-state index in [1.165, 1.54) is 6.07 Å². The van der Waals surface area contributed by atoms with Crippen LogP contribution in [0.5, 0.6) is 0 Å². The van der Waals surface area contributed by atoms with Crippen LogP contribution >= 0.6 is 0 Å². The zero-order valence-corrected chi connectivity index (χ0v) is 17.8. The molecule has 0 N–H and O–H groups in total. The molecule has 28 heavy (non-hydrogen) atoms. The molecule has 1 aliphatic rings. The Morgan fingerprint density at radius 1 is 1.21 bits per heavy atom. The summed E-state index contributed by atoms with van der Waals surface area (Å²) in [6, 6.07) is 8.48. The van der Waals surface area contributed by atoms with Crippen molar-refractivity contribution in [2.24, 2.45) is 0 Å². The number of hydrogen-bond acceptors (Lipinski definition) is 4. The van der Waals surface area contributed by atoms with Crippen molar-refractivity contribution in [3.05, 3.63) is 53.0 Å². The molecule has 0 radical (unpaired) electrons. The molecule has 1 saturated heterocycles. The van der Waals surface area contributed by atoms with Crippen molar-refractivity contribution < 1.29 is 17.6 Å². The van der Waals surface area contributed by atoms with Crippen LogP contribution in [0.1, 0.15) is 53.6 Å². The van der Waals surface area contributed by atoms with Crippen molar-refractivity contribution in [1.82, 2.24) is 9.21 Å². The molecule has 1 amide bonds. The number of hydrogen-bond donors (Lipinski definition) is 0. The van der Waals surface area contributed by atoms with Crippen molar-refractivity contribution in [3.8, 4) is 0 Å². The van der Waals surface area contributed by atoms with Gasteiger partial charge in [-0.15, -0.1) is 0 Å². The molecular formula is C21H28N2O4S. The molecule has 1 aromatic heterocycles. The summed E-state index contributed by atoms with van der Waals surface area (Å²) in [6.07, 6.45) is 2.77. The van der Waals surface area contributed by atoms with E-state index in [0.717, 1.165) is 30.6 Å². The standard InChI is InChI=1S/C21H28N2O4S/c1-15-8-11-19(28(25,26)23-12-6-5-7-16(23)2)13-20(15)21(24)22(4)14-18-10-9-17(3)27-18/h8-11,13,16H,5-7,12,14H2,1-4H3. The minimum atomic E-state index is -3.62. The predicted molar refractivity (Wildman–Crippen MR) is 108 cm³/mol. The lowest BCUT2D eigenvalue weighted by Crippen LogP contribution is -2.42. The maximum absolute atomic E-state index is 13.1. The van der Waals surface area contributed by atoms with Gasteiger partial charge in [-0.25, -0.2) is 8.42 Å². The first-order valence-electron chi connectivity index (χ1n) is 9.63. The minimum absolute atomic E-state index is 0.0240. The molecule has 1 unspecified atom stereocenters. The molecule has 0 bridgehead atoms. The summed E-state index contributed by atoms with van der Waals surface area (Å²) in [7, 11) is -1.93. The van der Waals surface area contributed by atoms with E-state index in [2.05, 4.69) is 0 Å². The Hall–Kier alpha value is -2.12. The highest BCUT2D eigenvalue weighted by atomic mass is 32.2. The number of benzene rings is 1. The monoisotopic (exact) mass is 404 g/mol. The molecule has 0 aliphatic carbocycles. The molecule has 0 saturated carbocycles. The van der Waals surface area contributed by atoms with Gasteiger partial charge in [0.05, 0.1) is 11.4 Å². The number of carbonyl (C=O) groups is 1. The SMILES string of the molecule is Cc1ccc(CN(C)C(=O)c2cc(S(=O)(=O)N3CCCCC3C)ccc2C)o1. The zero-order valence-electron chi connectivity index (χ0n) is 16.9. The Kier molecular flexibility index (Phi) is 5.95. The van der Waals surface area contributed by atoms with E-state index in [1.54, 1.807) is 28.4 Å². The predicted octanol–water partition coefficient (Wildman–Crippen LogP) is 3.73. The van der Waals surface area contributed by atoms with E-state index in [4.69, 9.17) is 4.42 Å². The maximum Gasteiger partial charge on any atom is 0.254 e. The van der Waals surface area contributed by atoms with E-state index in [9.17, 15) is 13.2 Å². The molecule has 1 aliphatic heterocycles. The van der Waals surface area contributed by atoms with Crippen LogP contribution in [0.25, 0.3) is 0 Å². The number of furan rings is 1. The van der Waals surface area contributed by atoms with Crippen LogP contribution in [-0.4, -0.2) is 43.2 Å². The largest absolute Gasteiger partial charge is 0.464 e. The third kappa shape index (κ3) is 4.15. The summed E-state index contributed by atoms with van der Waals surface area (Å²) in [6.45, 7) is 6.46. The van der Waals surface area contributed by atoms with Crippen LogP contribution in [0, 0.1) is 13.8 Å². The van der Waals surface area contributed by atoms with Crippen LogP contribution in [0.2, 0.25) is 0 Å². The number of carbonyl (C=O) groups excluding carboxylic acids is 1. The maximum atomic E-state index is 13.1. The fourth-order valence-electron chi connectivity index (χ4n) is 3.64. The van der Waals surface area contributed by atoms with Gasteiger partial charge in [0, 0.05) is 25.2 Å². The zero-order chi connectivity index (χ0) is 20.5. The minimum Gasteiger partial charge on any atom is -0.464 e. The van der Waals surface area contributed by atoms with Crippen LogP contribution in [0.15, 0.2) is 39.6 Å². The fraction of sp³-hybridized carbons (Fsp3) is 0.476. The van der Waals surface area contributed by atoms with Gasteiger partial charge in [0.15, 0.2) is 0 Å². The highest BCUT2D eigenvalue weighted by Crippen LogP contribution is 2.27. The Bertz CT molecular complexity index is 965. The number of amides is 1. The first-order valence-corrected chi connectivity index (χ1v) is 11.1. The van der Waals surface area contributed by atoms with E-state index in [1.807, 2.05) is 32.9 Å². The second-order valence-corrected chi connectivity index (χ2v) is 9.50. The molecule has 3 rings (SSSR count). The number of aryl methyl sites for hydroxylation is 2. The quantitative estimate of drug-likeness (QED) is 0.761. The first kappa shape index (κ1) is 20.6. The molecule has 0 spiro atoms. The molecular weight excluding hydrogens is 376 g/mol. The molecule has 2 aromatic rings. The summed E-state index contributed by atoms with van der Waals surface area (Å²) in [5.41, 5.74) is 1.15. The molecule has 1 atom stereocenters. The van der Waals surface area contributed by atoms with Crippen LogP contribution in [0.4, 0.5) is 0 Å². The van der Waals surface area contributed by atoms with Gasteiger partial charge in [-0.1, -0.05) is 12.5 Å². The van der Waals surface area contributed by atoms with Gasteiger partial charge in [-0.3, -0.25) is 4.79 Å². The second-order valence-electron chi connectivity index (χ2n) is 7.61. The smallest absolute Gasteiger partial charge is 0.254 e. The lowest BCUT2D eigenvalue weighted by Gasteiger charge is -2.32. The van der Waals surface area contributed by atoms with Gasteiger partial charge in [-0.05, 0) is 63.4 Å². The van der Waals surface area contributed by atoms with Gasteiger partial charge < -0.3 is 9.32 Å². The van der Waals surface area contributed by atoms with E-state index < -0.39 is 10.0 Å². The van der Waals surface area contributed by atoms with Gasteiger partial charge in [0.25, 0.3) is 5.91 Å². The first-order chi connectivity index (χ1) is 13.2. The van der Waals surface area contributed by atoms with Crippen molar-refractivity contribution in [2.75, 3.05) is 13.6 Å². The Labute approximate surface area is 167 Å². The average Bonchev–Trinajstić information content (AvgIpc) is 3.06. The summed E-state index contributed by atoms with van der Waals surface area (Å²) in [4.78, 5) is 14.7. The number of piperidine rings is 1. The van der Waals surface area contributed by atoms with E-state index >= 15 is 0 Å². The van der Waals surface area contributed by atoms with Crippen molar-refractivity contribution >= 4 is 15.9 Å². The molecule has 152 valence electrons. The summed E-state index contributed by atoms with van der Waals surface area (Å²) >= 11 is 0. The average molecular weight is 405 g/mol. The fourth-order valence-corrected chi connectivity index (χ4v) is 5.36. The van der Waals surface area contributed by atoms with Gasteiger partial charge in [-0.2, -0.15) is 4.31 Å². The molecule has 7 heteroatoms. The lowest BCUT2D eigenvalue weighted by molar-refractivity contribution is 0.0774. The van der Waals surface area contributed by atoms with E-state index in [-0.39, 0.29) is 16.8 Å². The Morgan fingerprint density at radius 3 is 2.61 bits per heavy atom. The van der Waals surface area contributed by atoms with Crippen molar-refractivity contribution in [1.29, 1.82) is 0 Å².